The third-order valence-electron chi connectivity index (χ3n) is 3.00. The molecule has 2 aromatic rings. The van der Waals surface area contributed by atoms with Crippen LogP contribution in [0.15, 0.2) is 36.5 Å². The second-order valence-corrected chi connectivity index (χ2v) is 4.90. The maximum Gasteiger partial charge on any atom is 0.309 e. The van der Waals surface area contributed by atoms with Gasteiger partial charge in [-0.1, -0.05) is 44.2 Å². The highest BCUT2D eigenvalue weighted by molar-refractivity contribution is 5.69. The van der Waals surface area contributed by atoms with Crippen LogP contribution < -0.4 is 0 Å². The lowest BCUT2D eigenvalue weighted by Gasteiger charge is -2.13. The van der Waals surface area contributed by atoms with E-state index in [2.05, 4.69) is 18.8 Å². The van der Waals surface area contributed by atoms with Crippen molar-refractivity contribution in [3.63, 3.8) is 0 Å². The van der Waals surface area contributed by atoms with Crippen molar-refractivity contribution < 1.29 is 9.90 Å². The van der Waals surface area contributed by atoms with E-state index < -0.39 is 5.97 Å². The van der Waals surface area contributed by atoms with Crippen LogP contribution in [0.5, 0.6) is 0 Å². The molecule has 4 nitrogen and oxygen atoms in total. The maximum atomic E-state index is 10.9. The standard InChI is InChI=1S/C15H18N2O2/c1-11(2)15-16-9-13(8-14(18)19)17(15)10-12-6-4-3-5-7-12/h3-7,9,11H,8,10H2,1-2H3,(H,18,19). The molecule has 1 heterocycles. The molecule has 2 rings (SSSR count). The van der Waals surface area contributed by atoms with Gasteiger partial charge in [0.1, 0.15) is 5.82 Å². The third kappa shape index (κ3) is 3.22. The molecule has 0 amide bonds. The molecule has 19 heavy (non-hydrogen) atoms. The summed E-state index contributed by atoms with van der Waals surface area (Å²) in [7, 11) is 0. The van der Waals surface area contributed by atoms with Gasteiger partial charge >= 0.3 is 5.97 Å². The Kier molecular flexibility index (Phi) is 4.00. The van der Waals surface area contributed by atoms with E-state index >= 15 is 0 Å². The molecule has 4 heteroatoms. The second kappa shape index (κ2) is 5.69. The highest BCUT2D eigenvalue weighted by Crippen LogP contribution is 2.18. The minimum atomic E-state index is -0.829. The quantitative estimate of drug-likeness (QED) is 0.897. The lowest BCUT2D eigenvalue weighted by molar-refractivity contribution is -0.136. The van der Waals surface area contributed by atoms with Gasteiger partial charge in [0.25, 0.3) is 0 Å². The molecule has 100 valence electrons. The van der Waals surface area contributed by atoms with E-state index in [9.17, 15) is 4.79 Å². The lowest BCUT2D eigenvalue weighted by Crippen LogP contribution is -2.12. The van der Waals surface area contributed by atoms with Crippen LogP contribution in [-0.2, 0) is 17.8 Å². The summed E-state index contributed by atoms with van der Waals surface area (Å²) in [6, 6.07) is 10.0. The Balaban J connectivity index is 2.35. The zero-order chi connectivity index (χ0) is 13.8. The van der Waals surface area contributed by atoms with E-state index in [1.54, 1.807) is 6.20 Å². The fourth-order valence-corrected chi connectivity index (χ4v) is 2.13. The Morgan fingerprint density at radius 1 is 1.32 bits per heavy atom. The van der Waals surface area contributed by atoms with Crippen molar-refractivity contribution in [2.75, 3.05) is 0 Å². The molecule has 0 fully saturated rings. The van der Waals surface area contributed by atoms with Gasteiger partial charge in [0.15, 0.2) is 0 Å². The summed E-state index contributed by atoms with van der Waals surface area (Å²) in [6.07, 6.45) is 1.68. The molecule has 0 radical (unpaired) electrons. The van der Waals surface area contributed by atoms with Gasteiger partial charge < -0.3 is 9.67 Å². The number of nitrogens with zero attached hydrogens (tertiary/aromatic N) is 2. The smallest absolute Gasteiger partial charge is 0.309 e. The first-order valence-corrected chi connectivity index (χ1v) is 6.38. The van der Waals surface area contributed by atoms with Gasteiger partial charge in [0.05, 0.1) is 6.42 Å². The average Bonchev–Trinajstić information content (AvgIpc) is 2.73. The summed E-state index contributed by atoms with van der Waals surface area (Å²) >= 11 is 0. The van der Waals surface area contributed by atoms with Crippen LogP contribution in [0.2, 0.25) is 0 Å². The van der Waals surface area contributed by atoms with Gasteiger partial charge in [-0.25, -0.2) is 4.98 Å². The van der Waals surface area contributed by atoms with Crippen LogP contribution in [0.1, 0.15) is 36.8 Å². The van der Waals surface area contributed by atoms with Gasteiger partial charge in [-0.05, 0) is 5.56 Å². The number of benzene rings is 1. The van der Waals surface area contributed by atoms with Crippen molar-refractivity contribution in [1.29, 1.82) is 0 Å². The molecule has 0 spiro atoms. The van der Waals surface area contributed by atoms with Gasteiger partial charge in [0, 0.05) is 24.4 Å². The number of aliphatic carboxylic acids is 1. The fraction of sp³-hybridized carbons (Fsp3) is 0.333. The number of carbonyl (C=O) groups is 1. The molecular weight excluding hydrogens is 240 g/mol. The summed E-state index contributed by atoms with van der Waals surface area (Å²) in [5.74, 6) is 0.371. The van der Waals surface area contributed by atoms with Crippen LogP contribution in [-0.4, -0.2) is 20.6 Å². The number of carboxylic acid groups (broad SMARTS) is 1. The molecule has 0 aliphatic carbocycles. The summed E-state index contributed by atoms with van der Waals surface area (Å²) < 4.78 is 2.01. The number of imidazole rings is 1. The van der Waals surface area contributed by atoms with Gasteiger partial charge in [-0.3, -0.25) is 4.79 Å². The third-order valence-corrected chi connectivity index (χ3v) is 3.00. The van der Waals surface area contributed by atoms with Crippen LogP contribution >= 0.6 is 0 Å². The number of hydrogen-bond acceptors (Lipinski definition) is 2. The SMILES string of the molecule is CC(C)c1ncc(CC(=O)O)n1Cc1ccccc1. The molecule has 0 aliphatic heterocycles. The van der Waals surface area contributed by atoms with Crippen molar-refractivity contribution in [3.8, 4) is 0 Å². The van der Waals surface area contributed by atoms with Crippen molar-refractivity contribution in [2.45, 2.75) is 32.7 Å². The minimum Gasteiger partial charge on any atom is -0.481 e. The van der Waals surface area contributed by atoms with E-state index in [-0.39, 0.29) is 12.3 Å². The van der Waals surface area contributed by atoms with Crippen molar-refractivity contribution >= 4 is 5.97 Å². The van der Waals surface area contributed by atoms with Crippen LogP contribution in [0, 0.1) is 0 Å². The zero-order valence-electron chi connectivity index (χ0n) is 11.2. The Bertz CT molecular complexity index is 559. The Morgan fingerprint density at radius 3 is 2.58 bits per heavy atom. The summed E-state index contributed by atoms with van der Waals surface area (Å²) in [4.78, 5) is 15.3. The van der Waals surface area contributed by atoms with Crippen LogP contribution in [0.25, 0.3) is 0 Å². The monoisotopic (exact) mass is 258 g/mol. The molecular formula is C15H18N2O2. The van der Waals surface area contributed by atoms with E-state index in [1.165, 1.54) is 0 Å². The number of hydrogen-bond donors (Lipinski definition) is 1. The molecule has 1 aromatic heterocycles. The second-order valence-electron chi connectivity index (χ2n) is 4.90. The van der Waals surface area contributed by atoms with Crippen molar-refractivity contribution in [3.05, 3.63) is 53.6 Å². The van der Waals surface area contributed by atoms with E-state index in [0.29, 0.717) is 6.54 Å². The topological polar surface area (TPSA) is 55.1 Å². The van der Waals surface area contributed by atoms with E-state index in [4.69, 9.17) is 5.11 Å². The minimum absolute atomic E-state index is 0.00650. The first-order chi connectivity index (χ1) is 9.08. The van der Waals surface area contributed by atoms with Crippen molar-refractivity contribution in [1.82, 2.24) is 9.55 Å². The number of aromatic nitrogens is 2. The Hall–Kier alpha value is -2.10. The van der Waals surface area contributed by atoms with E-state index in [1.807, 2.05) is 34.9 Å². The largest absolute Gasteiger partial charge is 0.481 e. The van der Waals surface area contributed by atoms with E-state index in [0.717, 1.165) is 17.1 Å². The Labute approximate surface area is 112 Å². The molecule has 1 N–H and O–H groups in total. The highest BCUT2D eigenvalue weighted by Gasteiger charge is 2.15. The first-order valence-electron chi connectivity index (χ1n) is 6.38. The van der Waals surface area contributed by atoms with Gasteiger partial charge in [-0.2, -0.15) is 0 Å². The summed E-state index contributed by atoms with van der Waals surface area (Å²) in [6.45, 7) is 4.79. The molecule has 0 bridgehead atoms. The zero-order valence-corrected chi connectivity index (χ0v) is 11.2. The van der Waals surface area contributed by atoms with Gasteiger partial charge in [0.2, 0.25) is 0 Å². The highest BCUT2D eigenvalue weighted by atomic mass is 16.4. The summed E-state index contributed by atoms with van der Waals surface area (Å²) in [5, 5.41) is 8.96. The molecule has 0 saturated carbocycles. The normalized spacial score (nSPS) is 10.9. The molecule has 0 atom stereocenters. The molecule has 0 aliphatic rings. The number of rotatable bonds is 5. The maximum absolute atomic E-state index is 10.9. The Morgan fingerprint density at radius 2 is 2.00 bits per heavy atom. The predicted molar refractivity (Wildman–Crippen MR) is 73.2 cm³/mol. The van der Waals surface area contributed by atoms with Crippen LogP contribution in [0.4, 0.5) is 0 Å². The average molecular weight is 258 g/mol. The molecule has 0 saturated heterocycles. The molecule has 0 unspecified atom stereocenters. The molecule has 1 aromatic carbocycles. The number of carboxylic acids is 1. The van der Waals surface area contributed by atoms with Crippen LogP contribution in [0.3, 0.4) is 0 Å². The first kappa shape index (κ1) is 13.3. The predicted octanol–water partition coefficient (Wildman–Crippen LogP) is 2.68. The van der Waals surface area contributed by atoms with Gasteiger partial charge in [-0.15, -0.1) is 0 Å². The van der Waals surface area contributed by atoms with Crippen molar-refractivity contribution in [2.24, 2.45) is 0 Å². The fourth-order valence-electron chi connectivity index (χ4n) is 2.13. The summed E-state index contributed by atoms with van der Waals surface area (Å²) in [5.41, 5.74) is 1.90. The lowest BCUT2D eigenvalue weighted by atomic mass is 10.2.